The van der Waals surface area contributed by atoms with Crippen molar-refractivity contribution in [2.24, 2.45) is 16.7 Å². The van der Waals surface area contributed by atoms with Gasteiger partial charge in [-0.3, -0.25) is 0 Å². The van der Waals surface area contributed by atoms with Crippen LogP contribution in [0.1, 0.15) is 60.7 Å². The number of carboxylic acid groups (broad SMARTS) is 1. The zero-order chi connectivity index (χ0) is 16.1. The molecule has 4 heteroatoms. The van der Waals surface area contributed by atoms with Crippen LogP contribution in [0, 0.1) is 16.7 Å². The van der Waals surface area contributed by atoms with Crippen molar-refractivity contribution in [2.75, 3.05) is 0 Å². The molecule has 0 radical (unpaired) electrons. The first-order chi connectivity index (χ1) is 10.2. The van der Waals surface area contributed by atoms with E-state index in [-0.39, 0.29) is 22.6 Å². The third-order valence-electron chi connectivity index (χ3n) is 5.58. The van der Waals surface area contributed by atoms with E-state index in [2.05, 4.69) is 20.8 Å². The molecule has 1 N–H and O–H groups in total. The summed E-state index contributed by atoms with van der Waals surface area (Å²) >= 11 is 0. The smallest absolute Gasteiger partial charge is 0.339 e. The molecule has 0 saturated heterocycles. The van der Waals surface area contributed by atoms with Crippen molar-refractivity contribution in [3.8, 4) is 0 Å². The molecule has 3 rings (SSSR count). The van der Waals surface area contributed by atoms with Crippen LogP contribution in [0.3, 0.4) is 0 Å². The number of carboxylic acids is 1. The fraction of sp³-hybridized carbons (Fsp3) is 0.556. The monoisotopic (exact) mass is 302 g/mol. The van der Waals surface area contributed by atoms with Gasteiger partial charge in [0, 0.05) is 5.41 Å². The van der Waals surface area contributed by atoms with Crippen LogP contribution in [0.5, 0.6) is 0 Å². The van der Waals surface area contributed by atoms with Gasteiger partial charge in [0.15, 0.2) is 0 Å². The Bertz CT molecular complexity index is 634. The van der Waals surface area contributed by atoms with E-state index in [0.717, 1.165) is 19.3 Å². The average molecular weight is 302 g/mol. The van der Waals surface area contributed by atoms with E-state index in [9.17, 15) is 14.7 Å². The zero-order valence-corrected chi connectivity index (χ0v) is 13.3. The Kier molecular flexibility index (Phi) is 3.31. The lowest BCUT2D eigenvalue weighted by Gasteiger charge is -2.38. The lowest BCUT2D eigenvalue weighted by atomic mass is 9.71. The van der Waals surface area contributed by atoms with Crippen molar-refractivity contribution < 1.29 is 19.4 Å². The molecule has 0 amide bonds. The Labute approximate surface area is 130 Å². The number of ether oxygens (including phenoxy) is 1. The maximum Gasteiger partial charge on any atom is 0.339 e. The first kappa shape index (κ1) is 15.1. The van der Waals surface area contributed by atoms with Gasteiger partial charge in [0.25, 0.3) is 0 Å². The number of esters is 1. The van der Waals surface area contributed by atoms with Crippen LogP contribution in [0.4, 0.5) is 0 Å². The van der Waals surface area contributed by atoms with E-state index < -0.39 is 11.9 Å². The minimum absolute atomic E-state index is 0.00105. The number of benzene rings is 1. The van der Waals surface area contributed by atoms with Crippen molar-refractivity contribution in [2.45, 2.75) is 46.1 Å². The highest BCUT2D eigenvalue weighted by atomic mass is 16.5. The maximum atomic E-state index is 12.4. The Morgan fingerprint density at radius 3 is 2.32 bits per heavy atom. The number of hydrogen-bond donors (Lipinski definition) is 1. The molecule has 2 bridgehead atoms. The van der Waals surface area contributed by atoms with Gasteiger partial charge in [-0.05, 0) is 42.7 Å². The Balaban J connectivity index is 1.79. The van der Waals surface area contributed by atoms with Gasteiger partial charge in [-0.15, -0.1) is 0 Å². The second kappa shape index (κ2) is 4.83. The second-order valence-electron chi connectivity index (χ2n) is 7.70. The maximum absolute atomic E-state index is 12.4. The number of carbonyl (C=O) groups excluding carboxylic acids is 1. The Hall–Kier alpha value is -1.84. The number of carbonyl (C=O) groups is 2. The molecule has 2 aliphatic rings. The van der Waals surface area contributed by atoms with Crippen LogP contribution < -0.4 is 0 Å². The van der Waals surface area contributed by atoms with Gasteiger partial charge < -0.3 is 9.84 Å². The van der Waals surface area contributed by atoms with E-state index in [1.165, 1.54) is 12.1 Å². The molecule has 0 heterocycles. The topological polar surface area (TPSA) is 63.6 Å². The molecular formula is C18H22O4. The molecule has 22 heavy (non-hydrogen) atoms. The molecule has 1 aromatic carbocycles. The first-order valence-corrected chi connectivity index (χ1v) is 7.76. The summed E-state index contributed by atoms with van der Waals surface area (Å²) in [5.74, 6) is -1.05. The number of rotatable bonds is 3. The third-order valence-corrected chi connectivity index (χ3v) is 5.58. The lowest BCUT2D eigenvalue weighted by molar-refractivity contribution is -0.0222. The molecule has 0 spiro atoms. The van der Waals surface area contributed by atoms with Gasteiger partial charge in [0.2, 0.25) is 0 Å². The number of fused-ring (bicyclic) bond motifs is 2. The van der Waals surface area contributed by atoms with E-state index in [1.807, 2.05) is 0 Å². The van der Waals surface area contributed by atoms with Crippen LogP contribution >= 0.6 is 0 Å². The largest absolute Gasteiger partial charge is 0.478 e. The second-order valence-corrected chi connectivity index (χ2v) is 7.70. The Morgan fingerprint density at radius 2 is 1.82 bits per heavy atom. The minimum Gasteiger partial charge on any atom is -0.478 e. The van der Waals surface area contributed by atoms with Crippen molar-refractivity contribution in [3.63, 3.8) is 0 Å². The minimum atomic E-state index is -1.10. The normalized spacial score (nSPS) is 32.0. The molecule has 2 saturated carbocycles. The van der Waals surface area contributed by atoms with Gasteiger partial charge in [-0.25, -0.2) is 9.59 Å². The van der Waals surface area contributed by atoms with E-state index in [0.29, 0.717) is 11.3 Å². The molecule has 2 aliphatic carbocycles. The van der Waals surface area contributed by atoms with E-state index >= 15 is 0 Å². The van der Waals surface area contributed by atoms with Crippen molar-refractivity contribution in [1.29, 1.82) is 0 Å². The highest BCUT2D eigenvalue weighted by Crippen LogP contribution is 2.63. The number of aromatic carboxylic acids is 1. The predicted octanol–water partition coefficient (Wildman–Crippen LogP) is 3.76. The van der Waals surface area contributed by atoms with Gasteiger partial charge in [-0.1, -0.05) is 32.9 Å². The fourth-order valence-corrected chi connectivity index (χ4v) is 4.52. The molecule has 3 atom stereocenters. The predicted molar refractivity (Wildman–Crippen MR) is 81.8 cm³/mol. The zero-order valence-electron chi connectivity index (χ0n) is 13.3. The SMILES string of the molecule is CC1(C)CC2(C)CC1CC2OC(=O)c1ccccc1C(=O)O. The molecule has 2 fully saturated rings. The molecule has 3 unspecified atom stereocenters. The van der Waals surface area contributed by atoms with Crippen molar-refractivity contribution >= 4 is 11.9 Å². The van der Waals surface area contributed by atoms with Gasteiger partial charge in [0.1, 0.15) is 6.10 Å². The summed E-state index contributed by atoms with van der Waals surface area (Å²) in [4.78, 5) is 23.7. The third kappa shape index (κ3) is 2.31. The van der Waals surface area contributed by atoms with Crippen LogP contribution in [0.2, 0.25) is 0 Å². The van der Waals surface area contributed by atoms with Crippen LogP contribution in [-0.2, 0) is 4.74 Å². The molecule has 0 aromatic heterocycles. The molecule has 118 valence electrons. The van der Waals surface area contributed by atoms with Gasteiger partial charge >= 0.3 is 11.9 Å². The van der Waals surface area contributed by atoms with Crippen LogP contribution in [0.25, 0.3) is 0 Å². The molecule has 4 nitrogen and oxygen atoms in total. The van der Waals surface area contributed by atoms with Crippen molar-refractivity contribution in [1.82, 2.24) is 0 Å². The lowest BCUT2D eigenvalue weighted by Crippen LogP contribution is -2.37. The van der Waals surface area contributed by atoms with E-state index in [4.69, 9.17) is 4.74 Å². The summed E-state index contributed by atoms with van der Waals surface area (Å²) in [5.41, 5.74) is 0.459. The molecule has 1 aromatic rings. The summed E-state index contributed by atoms with van der Waals surface area (Å²) in [7, 11) is 0. The van der Waals surface area contributed by atoms with Crippen molar-refractivity contribution in [3.05, 3.63) is 35.4 Å². The van der Waals surface area contributed by atoms with E-state index in [1.54, 1.807) is 12.1 Å². The van der Waals surface area contributed by atoms with Crippen LogP contribution in [0.15, 0.2) is 24.3 Å². The Morgan fingerprint density at radius 1 is 1.18 bits per heavy atom. The summed E-state index contributed by atoms with van der Waals surface area (Å²) in [6.07, 6.45) is 2.89. The summed E-state index contributed by atoms with van der Waals surface area (Å²) in [5, 5.41) is 9.19. The van der Waals surface area contributed by atoms with Crippen LogP contribution in [-0.4, -0.2) is 23.1 Å². The highest BCUT2D eigenvalue weighted by molar-refractivity contribution is 6.02. The summed E-state index contributed by atoms with van der Waals surface area (Å²) < 4.78 is 5.72. The number of hydrogen-bond acceptors (Lipinski definition) is 3. The van der Waals surface area contributed by atoms with Gasteiger partial charge in [0.05, 0.1) is 11.1 Å². The fourth-order valence-electron chi connectivity index (χ4n) is 4.52. The summed E-state index contributed by atoms with van der Waals surface area (Å²) in [6, 6.07) is 6.23. The summed E-state index contributed by atoms with van der Waals surface area (Å²) in [6.45, 7) is 6.74. The molecule has 0 aliphatic heterocycles. The quantitative estimate of drug-likeness (QED) is 0.864. The highest BCUT2D eigenvalue weighted by Gasteiger charge is 2.58. The van der Waals surface area contributed by atoms with Gasteiger partial charge in [-0.2, -0.15) is 0 Å². The standard InChI is InChI=1S/C18H22O4/c1-17(2)10-18(3)9-11(17)8-14(18)22-16(21)13-7-5-4-6-12(13)15(19)20/h4-7,11,14H,8-10H2,1-3H3,(H,19,20). The first-order valence-electron chi connectivity index (χ1n) is 7.76. The average Bonchev–Trinajstić information content (AvgIpc) is 2.86. The molecular weight excluding hydrogens is 280 g/mol.